The third-order valence-electron chi connectivity index (χ3n) is 7.29. The van der Waals surface area contributed by atoms with E-state index in [0.29, 0.717) is 0 Å². The van der Waals surface area contributed by atoms with Crippen molar-refractivity contribution in [3.63, 3.8) is 0 Å². The second kappa shape index (κ2) is 12.7. The quantitative estimate of drug-likeness (QED) is 0.460. The van der Waals surface area contributed by atoms with Gasteiger partial charge in [-0.1, -0.05) is 66.7 Å². The molecule has 0 saturated carbocycles. The van der Waals surface area contributed by atoms with Crippen molar-refractivity contribution >= 4 is 11.6 Å². The van der Waals surface area contributed by atoms with Gasteiger partial charge in [0.1, 0.15) is 0 Å². The highest BCUT2D eigenvalue weighted by Gasteiger charge is 2.33. The first-order valence-electron chi connectivity index (χ1n) is 13.4. The number of rotatable bonds is 8. The second-order valence-electron chi connectivity index (χ2n) is 10.2. The minimum Gasteiger partial charge on any atom is -0.392 e. The molecule has 38 heavy (non-hydrogen) atoms. The Labute approximate surface area is 225 Å². The molecule has 0 bridgehead atoms. The van der Waals surface area contributed by atoms with Gasteiger partial charge >= 0.3 is 0 Å². The molecule has 3 atom stereocenters. The van der Waals surface area contributed by atoms with E-state index in [0.717, 1.165) is 68.1 Å². The maximum Gasteiger partial charge on any atom is 0.221 e. The van der Waals surface area contributed by atoms with Gasteiger partial charge in [0.25, 0.3) is 0 Å². The van der Waals surface area contributed by atoms with Gasteiger partial charge in [0.15, 0.2) is 6.29 Å². The third-order valence-corrected chi connectivity index (χ3v) is 7.29. The van der Waals surface area contributed by atoms with Gasteiger partial charge in [0.05, 0.1) is 18.8 Å². The number of anilines is 1. The maximum absolute atomic E-state index is 11.4. The average Bonchev–Trinajstić information content (AvgIpc) is 2.95. The molecule has 3 aromatic carbocycles. The van der Waals surface area contributed by atoms with E-state index in [-0.39, 0.29) is 24.7 Å². The molecule has 2 aliphatic heterocycles. The van der Waals surface area contributed by atoms with Crippen LogP contribution >= 0.6 is 0 Å². The molecule has 0 radical (unpaired) electrons. The highest BCUT2D eigenvalue weighted by atomic mass is 16.7. The average molecular weight is 516 g/mol. The zero-order valence-electron chi connectivity index (χ0n) is 22.0. The SMILES string of the molecule is CC(=O)Nc1ccc([C@H]2O[C@@H](CN3CCN(Cc4ccccc4)CC3)C[C@@H](c3ccc(CO)cc3)O2)cc1. The summed E-state index contributed by atoms with van der Waals surface area (Å²) in [4.78, 5) is 16.4. The van der Waals surface area contributed by atoms with E-state index in [4.69, 9.17) is 9.47 Å². The summed E-state index contributed by atoms with van der Waals surface area (Å²) in [5.74, 6) is -0.0989. The fraction of sp³-hybridized carbons (Fsp3) is 0.387. The monoisotopic (exact) mass is 515 g/mol. The number of aliphatic hydroxyl groups excluding tert-OH is 1. The van der Waals surface area contributed by atoms with E-state index in [1.165, 1.54) is 12.5 Å². The normalized spacial score (nSPS) is 22.7. The molecule has 2 N–H and O–H groups in total. The number of amides is 1. The highest BCUT2D eigenvalue weighted by Crippen LogP contribution is 2.38. The summed E-state index contributed by atoms with van der Waals surface area (Å²) in [6.07, 6.45) is 0.179. The van der Waals surface area contributed by atoms with E-state index in [9.17, 15) is 9.90 Å². The summed E-state index contributed by atoms with van der Waals surface area (Å²) < 4.78 is 13.0. The Hall–Kier alpha value is -3.07. The van der Waals surface area contributed by atoms with Crippen LogP contribution in [0.3, 0.4) is 0 Å². The fourth-order valence-corrected chi connectivity index (χ4v) is 5.22. The van der Waals surface area contributed by atoms with Crippen LogP contribution < -0.4 is 5.32 Å². The minimum atomic E-state index is -0.498. The molecule has 1 amide bonds. The largest absolute Gasteiger partial charge is 0.392 e. The van der Waals surface area contributed by atoms with Gasteiger partial charge < -0.3 is 19.9 Å². The molecule has 2 heterocycles. The first-order valence-corrected chi connectivity index (χ1v) is 13.4. The molecule has 2 fully saturated rings. The summed E-state index contributed by atoms with van der Waals surface area (Å²) in [6.45, 7) is 7.48. The second-order valence-corrected chi connectivity index (χ2v) is 10.2. The molecule has 5 rings (SSSR count). The van der Waals surface area contributed by atoms with Crippen molar-refractivity contribution in [1.29, 1.82) is 0 Å². The predicted molar refractivity (Wildman–Crippen MR) is 147 cm³/mol. The van der Waals surface area contributed by atoms with E-state index >= 15 is 0 Å². The summed E-state index contributed by atoms with van der Waals surface area (Å²) in [5.41, 5.74) is 5.00. The van der Waals surface area contributed by atoms with E-state index < -0.39 is 6.29 Å². The third kappa shape index (κ3) is 7.07. The lowest BCUT2D eigenvalue weighted by atomic mass is 9.99. The van der Waals surface area contributed by atoms with Gasteiger partial charge in [0, 0.05) is 63.9 Å². The maximum atomic E-state index is 11.4. The Morgan fingerprint density at radius 2 is 1.50 bits per heavy atom. The number of nitrogens with zero attached hydrogens (tertiary/aromatic N) is 2. The van der Waals surface area contributed by atoms with Gasteiger partial charge in [-0.15, -0.1) is 0 Å². The topological polar surface area (TPSA) is 74.3 Å². The van der Waals surface area contributed by atoms with Crippen LogP contribution in [0.4, 0.5) is 5.69 Å². The Morgan fingerprint density at radius 3 is 2.16 bits per heavy atom. The van der Waals surface area contributed by atoms with Gasteiger partial charge in [-0.25, -0.2) is 0 Å². The van der Waals surface area contributed by atoms with Crippen LogP contribution in [0.25, 0.3) is 0 Å². The molecule has 7 nitrogen and oxygen atoms in total. The highest BCUT2D eigenvalue weighted by molar-refractivity contribution is 5.88. The lowest BCUT2D eigenvalue weighted by Gasteiger charge is -2.40. The zero-order valence-corrected chi connectivity index (χ0v) is 22.0. The molecule has 2 saturated heterocycles. The van der Waals surface area contributed by atoms with Gasteiger partial charge in [-0.2, -0.15) is 0 Å². The molecule has 0 unspecified atom stereocenters. The number of nitrogens with one attached hydrogen (secondary N) is 1. The van der Waals surface area contributed by atoms with Crippen molar-refractivity contribution in [1.82, 2.24) is 9.80 Å². The Balaban J connectivity index is 1.25. The molecule has 200 valence electrons. The molecule has 0 aliphatic carbocycles. The molecule has 7 heteroatoms. The lowest BCUT2D eigenvalue weighted by Crippen LogP contribution is -2.49. The summed E-state index contributed by atoms with van der Waals surface area (Å²) >= 11 is 0. The van der Waals surface area contributed by atoms with Crippen LogP contribution in [0.5, 0.6) is 0 Å². The van der Waals surface area contributed by atoms with Crippen LogP contribution in [0, 0.1) is 0 Å². The van der Waals surface area contributed by atoms with Crippen molar-refractivity contribution in [3.8, 4) is 0 Å². The first kappa shape index (κ1) is 26.5. The number of carbonyl (C=O) groups excluding carboxylic acids is 1. The number of carbonyl (C=O) groups is 1. The van der Waals surface area contributed by atoms with E-state index in [1.807, 2.05) is 48.5 Å². The number of ether oxygens (including phenoxy) is 2. The van der Waals surface area contributed by atoms with Gasteiger partial charge in [-0.05, 0) is 28.8 Å². The van der Waals surface area contributed by atoms with E-state index in [1.54, 1.807) is 0 Å². The number of aliphatic hydroxyl groups is 1. The number of hydrogen-bond acceptors (Lipinski definition) is 6. The molecular weight excluding hydrogens is 478 g/mol. The van der Waals surface area contributed by atoms with Crippen molar-refractivity contribution in [2.75, 3.05) is 38.0 Å². The standard InChI is InChI=1S/C31H37N3O4/c1-23(36)32-28-13-11-27(12-14-28)31-37-29(19-30(38-31)26-9-7-25(22-35)8-10-26)21-34-17-15-33(16-18-34)20-24-5-3-2-4-6-24/h2-14,29-31,35H,15-22H2,1H3,(H,32,36)/t29-,30+,31+/m1/s1. The smallest absolute Gasteiger partial charge is 0.221 e. The molecule has 2 aliphatic rings. The van der Waals surface area contributed by atoms with Crippen LogP contribution in [-0.4, -0.2) is 59.6 Å². The van der Waals surface area contributed by atoms with Crippen LogP contribution in [0.1, 0.15) is 48.0 Å². The number of benzene rings is 3. The number of piperazine rings is 1. The van der Waals surface area contributed by atoms with Crippen molar-refractivity contribution in [2.45, 2.75) is 45.0 Å². The van der Waals surface area contributed by atoms with Crippen molar-refractivity contribution < 1.29 is 19.4 Å². The minimum absolute atomic E-state index is 0.0203. The number of hydrogen-bond donors (Lipinski definition) is 2. The fourth-order valence-electron chi connectivity index (χ4n) is 5.22. The van der Waals surface area contributed by atoms with Crippen LogP contribution in [-0.2, 0) is 27.4 Å². The lowest BCUT2D eigenvalue weighted by molar-refractivity contribution is -0.253. The Bertz CT molecular complexity index is 1160. The van der Waals surface area contributed by atoms with Crippen LogP contribution in [0.2, 0.25) is 0 Å². The molecular formula is C31H37N3O4. The Morgan fingerprint density at radius 1 is 0.842 bits per heavy atom. The molecule has 0 aromatic heterocycles. The summed E-state index contributed by atoms with van der Waals surface area (Å²) in [7, 11) is 0. The summed E-state index contributed by atoms with van der Waals surface area (Å²) in [6, 6.07) is 26.3. The zero-order chi connectivity index (χ0) is 26.3. The Kier molecular flexibility index (Phi) is 8.83. The predicted octanol–water partition coefficient (Wildman–Crippen LogP) is 4.50. The first-order chi connectivity index (χ1) is 18.6. The molecule has 0 spiro atoms. The van der Waals surface area contributed by atoms with Crippen molar-refractivity contribution in [3.05, 3.63) is 101 Å². The van der Waals surface area contributed by atoms with E-state index in [2.05, 4.69) is 45.4 Å². The van der Waals surface area contributed by atoms with Gasteiger partial charge in [-0.3, -0.25) is 14.6 Å². The summed E-state index contributed by atoms with van der Waals surface area (Å²) in [5, 5.41) is 12.3. The van der Waals surface area contributed by atoms with Crippen molar-refractivity contribution in [2.24, 2.45) is 0 Å². The molecule has 3 aromatic rings. The van der Waals surface area contributed by atoms with Gasteiger partial charge in [0.2, 0.25) is 5.91 Å². The van der Waals surface area contributed by atoms with Crippen LogP contribution in [0.15, 0.2) is 78.9 Å².